The number of sulfonamides is 1. The molecule has 1 aliphatic carbocycles. The maximum Gasteiger partial charge on any atom is 0.240 e. The van der Waals surface area contributed by atoms with E-state index in [9.17, 15) is 13.2 Å². The molecule has 1 amide bonds. The summed E-state index contributed by atoms with van der Waals surface area (Å²) in [6, 6.07) is 4.85. The first-order chi connectivity index (χ1) is 8.47. The summed E-state index contributed by atoms with van der Waals surface area (Å²) >= 11 is 0. The van der Waals surface area contributed by atoms with Crippen LogP contribution in [0.25, 0.3) is 0 Å². The van der Waals surface area contributed by atoms with Crippen molar-refractivity contribution in [2.45, 2.75) is 36.6 Å². The molecule has 0 bridgehead atoms. The van der Waals surface area contributed by atoms with Crippen LogP contribution in [0, 0.1) is 0 Å². The van der Waals surface area contributed by atoms with Gasteiger partial charge in [0.2, 0.25) is 15.9 Å². The van der Waals surface area contributed by atoms with Gasteiger partial charge in [0, 0.05) is 11.7 Å². The first-order valence-corrected chi connectivity index (χ1v) is 7.43. The monoisotopic (exact) mass is 266 g/mol. The quantitative estimate of drug-likeness (QED) is 0.862. The fourth-order valence-electron chi connectivity index (χ4n) is 2.05. The van der Waals surface area contributed by atoms with Gasteiger partial charge < -0.3 is 5.32 Å². The van der Waals surface area contributed by atoms with E-state index in [0.29, 0.717) is 5.69 Å². The zero-order valence-electron chi connectivity index (χ0n) is 9.93. The van der Waals surface area contributed by atoms with Crippen LogP contribution in [-0.2, 0) is 14.8 Å². The molecule has 96 valence electrons. The molecule has 0 saturated heterocycles. The van der Waals surface area contributed by atoms with Crippen molar-refractivity contribution in [1.82, 2.24) is 4.72 Å². The average molecular weight is 266 g/mol. The molecule has 0 unspecified atom stereocenters. The molecule has 0 radical (unpaired) electrons. The Balaban J connectivity index is 1.97. The molecule has 1 aliphatic heterocycles. The van der Waals surface area contributed by atoms with Gasteiger partial charge in [0.1, 0.15) is 0 Å². The zero-order chi connectivity index (χ0) is 12.9. The van der Waals surface area contributed by atoms with Crippen molar-refractivity contribution in [1.29, 1.82) is 0 Å². The number of hydrogen-bond donors (Lipinski definition) is 2. The van der Waals surface area contributed by atoms with Gasteiger partial charge in [-0.05, 0) is 43.5 Å². The third-order valence-electron chi connectivity index (χ3n) is 3.35. The number of benzene rings is 1. The van der Waals surface area contributed by atoms with E-state index in [1.165, 1.54) is 6.07 Å². The Morgan fingerprint density at radius 2 is 2.06 bits per heavy atom. The van der Waals surface area contributed by atoms with Gasteiger partial charge in [0.25, 0.3) is 0 Å². The minimum absolute atomic E-state index is 0.0837. The molecule has 6 heteroatoms. The van der Waals surface area contributed by atoms with Crippen molar-refractivity contribution >= 4 is 21.6 Å². The van der Waals surface area contributed by atoms with Crippen molar-refractivity contribution < 1.29 is 13.2 Å². The predicted octanol–water partition coefficient (Wildman–Crippen LogP) is 1.18. The second-order valence-corrected chi connectivity index (χ2v) is 6.57. The van der Waals surface area contributed by atoms with E-state index in [2.05, 4.69) is 10.0 Å². The molecule has 3 rings (SSSR count). The lowest BCUT2D eigenvalue weighted by atomic mass is 10.0. The number of carbonyl (C=O) groups is 1. The van der Waals surface area contributed by atoms with Crippen molar-refractivity contribution in [3.63, 3.8) is 0 Å². The number of anilines is 1. The van der Waals surface area contributed by atoms with Crippen LogP contribution in [0.2, 0.25) is 0 Å². The number of nitrogens with one attached hydrogen (secondary N) is 2. The van der Waals surface area contributed by atoms with E-state index in [0.717, 1.165) is 18.4 Å². The van der Waals surface area contributed by atoms with E-state index in [4.69, 9.17) is 0 Å². The average Bonchev–Trinajstić information content (AvgIpc) is 3.06. The predicted molar refractivity (Wildman–Crippen MR) is 66.8 cm³/mol. The number of amides is 1. The van der Waals surface area contributed by atoms with E-state index in [1.54, 1.807) is 19.1 Å². The largest absolute Gasteiger partial charge is 0.325 e. The zero-order valence-corrected chi connectivity index (χ0v) is 10.8. The molecule has 5 nitrogen and oxygen atoms in total. The molecule has 0 spiro atoms. The smallest absolute Gasteiger partial charge is 0.240 e. The molecule has 1 aromatic rings. The van der Waals surface area contributed by atoms with Crippen LogP contribution < -0.4 is 10.0 Å². The summed E-state index contributed by atoms with van der Waals surface area (Å²) in [5.74, 6) is -0.384. The van der Waals surface area contributed by atoms with Gasteiger partial charge in [-0.25, -0.2) is 13.1 Å². The molecule has 2 aliphatic rings. The highest BCUT2D eigenvalue weighted by Crippen LogP contribution is 2.34. The van der Waals surface area contributed by atoms with Crippen molar-refractivity contribution in [2.75, 3.05) is 5.32 Å². The second kappa shape index (κ2) is 3.80. The minimum Gasteiger partial charge on any atom is -0.325 e. The molecule has 0 aromatic heterocycles. The Labute approximate surface area is 106 Å². The Kier molecular flexibility index (Phi) is 2.46. The minimum atomic E-state index is -3.45. The molecule has 2 N–H and O–H groups in total. The molecule has 1 fully saturated rings. The van der Waals surface area contributed by atoms with Crippen molar-refractivity contribution in [3.05, 3.63) is 23.8 Å². The molecule has 1 aromatic carbocycles. The lowest BCUT2D eigenvalue weighted by molar-refractivity contribution is -0.116. The molecule has 18 heavy (non-hydrogen) atoms. The summed E-state index contributed by atoms with van der Waals surface area (Å²) in [6.07, 6.45) is 1.81. The Morgan fingerprint density at radius 1 is 1.33 bits per heavy atom. The lowest BCUT2D eigenvalue weighted by Gasteiger charge is -2.08. The van der Waals surface area contributed by atoms with Crippen LogP contribution in [0.5, 0.6) is 0 Å². The van der Waals surface area contributed by atoms with Crippen LogP contribution in [0.3, 0.4) is 0 Å². The number of rotatable bonds is 3. The summed E-state index contributed by atoms with van der Waals surface area (Å²) < 4.78 is 26.7. The highest BCUT2D eigenvalue weighted by Gasteiger charge is 2.31. The van der Waals surface area contributed by atoms with Gasteiger partial charge in [0.15, 0.2) is 0 Å². The highest BCUT2D eigenvalue weighted by atomic mass is 32.2. The third-order valence-corrected chi connectivity index (χ3v) is 4.87. The van der Waals surface area contributed by atoms with Crippen LogP contribution in [0.15, 0.2) is 23.1 Å². The van der Waals surface area contributed by atoms with E-state index in [1.807, 2.05) is 0 Å². The summed E-state index contributed by atoms with van der Waals surface area (Å²) in [5.41, 5.74) is 1.46. The van der Waals surface area contributed by atoms with Crippen molar-refractivity contribution in [3.8, 4) is 0 Å². The molecule has 1 heterocycles. The first-order valence-electron chi connectivity index (χ1n) is 5.94. The topological polar surface area (TPSA) is 75.3 Å². The van der Waals surface area contributed by atoms with Gasteiger partial charge in [-0.15, -0.1) is 0 Å². The summed E-state index contributed by atoms with van der Waals surface area (Å²) in [4.78, 5) is 11.7. The maximum atomic E-state index is 12.1. The maximum absolute atomic E-state index is 12.1. The molecule has 1 atom stereocenters. The number of carbonyl (C=O) groups excluding carboxylic acids is 1. The van der Waals surface area contributed by atoms with E-state index < -0.39 is 10.0 Å². The highest BCUT2D eigenvalue weighted by molar-refractivity contribution is 7.89. The molecule has 1 saturated carbocycles. The number of hydrogen-bond acceptors (Lipinski definition) is 3. The van der Waals surface area contributed by atoms with Crippen LogP contribution in [0.1, 0.15) is 31.2 Å². The fourth-order valence-corrected chi connectivity index (χ4v) is 3.39. The Bertz CT molecular complexity index is 620. The van der Waals surface area contributed by atoms with Gasteiger partial charge in [-0.3, -0.25) is 4.79 Å². The second-order valence-electron chi connectivity index (χ2n) is 4.86. The normalized spacial score (nSPS) is 22.7. The van der Waals surface area contributed by atoms with Crippen LogP contribution in [0.4, 0.5) is 5.69 Å². The van der Waals surface area contributed by atoms with Crippen LogP contribution >= 0.6 is 0 Å². The van der Waals surface area contributed by atoms with Gasteiger partial charge in [-0.1, -0.05) is 0 Å². The summed E-state index contributed by atoms with van der Waals surface area (Å²) in [5, 5.41) is 2.72. The Hall–Kier alpha value is -1.40. The number of fused-ring (bicyclic) bond motifs is 1. The van der Waals surface area contributed by atoms with Gasteiger partial charge in [-0.2, -0.15) is 0 Å². The first kappa shape index (κ1) is 11.7. The molecular formula is C12H14N2O3S. The third kappa shape index (κ3) is 1.91. The summed E-state index contributed by atoms with van der Waals surface area (Å²) in [6.45, 7) is 1.77. The SMILES string of the molecule is C[C@H]1C(=O)Nc2ccc(S(=O)(=O)NC3CC3)cc21. The molecular weight excluding hydrogens is 252 g/mol. The standard InChI is InChI=1S/C12H14N2O3S/c1-7-10-6-9(4-5-11(10)13-12(7)15)18(16,17)14-8-2-3-8/h4-8,14H,2-3H2,1H3,(H,13,15)/t7-/m1/s1. The fraction of sp³-hybridized carbons (Fsp3) is 0.417. The van der Waals surface area contributed by atoms with Crippen LogP contribution in [-0.4, -0.2) is 20.4 Å². The van der Waals surface area contributed by atoms with E-state index in [-0.39, 0.29) is 22.8 Å². The lowest BCUT2D eigenvalue weighted by Crippen LogP contribution is -2.25. The Morgan fingerprint density at radius 3 is 2.72 bits per heavy atom. The summed E-state index contributed by atoms with van der Waals surface area (Å²) in [7, 11) is -3.45. The van der Waals surface area contributed by atoms with Gasteiger partial charge in [0.05, 0.1) is 10.8 Å². The van der Waals surface area contributed by atoms with E-state index >= 15 is 0 Å². The van der Waals surface area contributed by atoms with Crippen molar-refractivity contribution in [2.24, 2.45) is 0 Å². The van der Waals surface area contributed by atoms with Gasteiger partial charge >= 0.3 is 0 Å².